The van der Waals surface area contributed by atoms with Crippen molar-refractivity contribution in [2.45, 2.75) is 25.9 Å². The van der Waals surface area contributed by atoms with Crippen LogP contribution < -0.4 is 0 Å². The molecule has 9 heteroatoms. The molecule has 0 spiro atoms. The Balaban J connectivity index is 1.32. The maximum atomic E-state index is 13.4. The standard InChI is InChI=1S/C28H29ClN4O3S/c1-19-25(27(35)36-2)26(22-10-6-7-11-23(22)29)33-21(18-37-28(33)30-19)16-24(34)32-14-12-31(13-15-32)17-20-8-4-3-5-9-20/h3-11,18,26H,12-17H2,1-2H3/t26-/m0/s1. The van der Waals surface area contributed by atoms with Gasteiger partial charge in [0.15, 0.2) is 5.17 Å². The van der Waals surface area contributed by atoms with Crippen molar-refractivity contribution in [3.63, 3.8) is 0 Å². The Kier molecular flexibility index (Phi) is 7.69. The van der Waals surface area contributed by atoms with E-state index in [9.17, 15) is 9.59 Å². The quantitative estimate of drug-likeness (QED) is 0.493. The van der Waals surface area contributed by atoms with E-state index >= 15 is 0 Å². The second-order valence-corrected chi connectivity index (χ2v) is 10.5. The second kappa shape index (κ2) is 11.1. The van der Waals surface area contributed by atoms with Crippen LogP contribution in [0.5, 0.6) is 0 Å². The molecule has 3 aliphatic heterocycles. The van der Waals surface area contributed by atoms with Gasteiger partial charge in [-0.2, -0.15) is 0 Å². The number of amides is 1. The molecule has 7 nitrogen and oxygen atoms in total. The summed E-state index contributed by atoms with van der Waals surface area (Å²) in [6.07, 6.45) is 0.221. The van der Waals surface area contributed by atoms with E-state index in [4.69, 9.17) is 16.3 Å². The number of benzene rings is 2. The van der Waals surface area contributed by atoms with Crippen LogP contribution in [0.1, 0.15) is 30.5 Å². The Morgan fingerprint density at radius 2 is 1.76 bits per heavy atom. The zero-order valence-electron chi connectivity index (χ0n) is 20.9. The number of allylic oxidation sites excluding steroid dienone is 1. The first kappa shape index (κ1) is 25.6. The monoisotopic (exact) mass is 536 g/mol. The van der Waals surface area contributed by atoms with Gasteiger partial charge in [-0.25, -0.2) is 9.79 Å². The van der Waals surface area contributed by atoms with Crippen LogP contribution in [0.25, 0.3) is 0 Å². The summed E-state index contributed by atoms with van der Waals surface area (Å²) >= 11 is 8.07. The Bertz CT molecular complexity index is 1290. The molecule has 0 saturated carbocycles. The number of piperazine rings is 1. The normalized spacial score (nSPS) is 19.9. The third-order valence-corrected chi connectivity index (χ3v) is 8.15. The summed E-state index contributed by atoms with van der Waals surface area (Å²) in [5.41, 5.74) is 3.87. The van der Waals surface area contributed by atoms with Crippen LogP contribution in [-0.2, 0) is 20.9 Å². The number of fused-ring (bicyclic) bond motifs is 1. The van der Waals surface area contributed by atoms with Crippen molar-refractivity contribution in [3.8, 4) is 0 Å². The highest BCUT2D eigenvalue weighted by molar-refractivity contribution is 8.16. The molecule has 2 aromatic rings. The fourth-order valence-corrected chi connectivity index (χ4v) is 6.20. The molecule has 0 aliphatic carbocycles. The number of aliphatic imine (C=N–C) groups is 1. The number of halogens is 1. The lowest BCUT2D eigenvalue weighted by Gasteiger charge is -2.38. The van der Waals surface area contributed by atoms with E-state index in [1.807, 2.05) is 39.5 Å². The van der Waals surface area contributed by atoms with Gasteiger partial charge in [-0.3, -0.25) is 9.69 Å². The van der Waals surface area contributed by atoms with Crippen molar-refractivity contribution in [1.82, 2.24) is 14.7 Å². The van der Waals surface area contributed by atoms with Crippen LogP contribution in [0.15, 0.2) is 82.0 Å². The van der Waals surface area contributed by atoms with Gasteiger partial charge in [0.25, 0.3) is 0 Å². The third kappa shape index (κ3) is 5.32. The molecule has 0 aromatic heterocycles. The topological polar surface area (TPSA) is 65.5 Å². The summed E-state index contributed by atoms with van der Waals surface area (Å²) in [5.74, 6) is -0.390. The first-order valence-corrected chi connectivity index (χ1v) is 13.5. The van der Waals surface area contributed by atoms with E-state index in [1.165, 1.54) is 24.4 Å². The lowest BCUT2D eigenvalue weighted by molar-refractivity contribution is -0.136. The largest absolute Gasteiger partial charge is 0.466 e. The van der Waals surface area contributed by atoms with Gasteiger partial charge in [-0.1, -0.05) is 71.9 Å². The summed E-state index contributed by atoms with van der Waals surface area (Å²) in [6.45, 7) is 5.74. The molecule has 1 fully saturated rings. The minimum absolute atomic E-state index is 0.0660. The van der Waals surface area contributed by atoms with Crippen molar-refractivity contribution < 1.29 is 14.3 Å². The summed E-state index contributed by atoms with van der Waals surface area (Å²) < 4.78 is 5.12. The van der Waals surface area contributed by atoms with Crippen molar-refractivity contribution in [1.29, 1.82) is 0 Å². The molecule has 0 radical (unpaired) electrons. The van der Waals surface area contributed by atoms with Gasteiger partial charge >= 0.3 is 5.97 Å². The Morgan fingerprint density at radius 3 is 2.46 bits per heavy atom. The second-order valence-electron chi connectivity index (χ2n) is 9.23. The molecular weight excluding hydrogens is 508 g/mol. The molecular formula is C28H29ClN4O3S. The maximum absolute atomic E-state index is 13.4. The van der Waals surface area contributed by atoms with Crippen molar-refractivity contribution in [2.75, 3.05) is 33.3 Å². The molecule has 2 aromatic carbocycles. The Labute approximate surface area is 226 Å². The summed E-state index contributed by atoms with van der Waals surface area (Å²) in [5, 5.41) is 3.23. The molecule has 1 saturated heterocycles. The Hall–Kier alpha value is -3.07. The minimum atomic E-state index is -0.523. The number of hydrogen-bond donors (Lipinski definition) is 0. The van der Waals surface area contributed by atoms with Gasteiger partial charge in [0.05, 0.1) is 30.8 Å². The van der Waals surface area contributed by atoms with Gasteiger partial charge < -0.3 is 14.5 Å². The number of carbonyl (C=O) groups is 2. The zero-order chi connectivity index (χ0) is 25.9. The average Bonchev–Trinajstić information content (AvgIpc) is 3.30. The number of amidine groups is 1. The SMILES string of the molecule is COC(=O)C1=C(C)N=C2SC=C(CC(=O)N3CCN(Cc4ccccc4)CC3)N2[C@H]1c1ccccc1Cl. The van der Waals surface area contributed by atoms with Gasteiger partial charge in [0, 0.05) is 43.4 Å². The number of ether oxygens (including phenoxy) is 1. The van der Waals surface area contributed by atoms with Crippen LogP contribution in [-0.4, -0.2) is 65.0 Å². The van der Waals surface area contributed by atoms with E-state index in [-0.39, 0.29) is 12.3 Å². The van der Waals surface area contributed by atoms with Crippen molar-refractivity contribution >= 4 is 40.4 Å². The maximum Gasteiger partial charge on any atom is 0.338 e. The average molecular weight is 537 g/mol. The number of thioether (sulfide) groups is 1. The number of rotatable bonds is 6. The van der Waals surface area contributed by atoms with Gasteiger partial charge in [-0.05, 0) is 29.5 Å². The molecule has 1 atom stereocenters. The van der Waals surface area contributed by atoms with Crippen molar-refractivity contribution in [3.05, 3.63) is 93.1 Å². The van der Waals surface area contributed by atoms with Gasteiger partial charge in [-0.15, -0.1) is 0 Å². The van der Waals surface area contributed by atoms with E-state index in [2.05, 4.69) is 34.2 Å². The molecule has 5 rings (SSSR count). The number of esters is 1. The first-order valence-electron chi connectivity index (χ1n) is 12.3. The molecule has 37 heavy (non-hydrogen) atoms. The molecule has 3 aliphatic rings. The van der Waals surface area contributed by atoms with Crippen LogP contribution in [0.2, 0.25) is 5.02 Å². The van der Waals surface area contributed by atoms with Gasteiger partial charge in [0.2, 0.25) is 5.91 Å². The highest BCUT2D eigenvalue weighted by Crippen LogP contribution is 2.46. The molecule has 0 unspecified atom stereocenters. The fraction of sp³-hybridized carbons (Fsp3) is 0.321. The fourth-order valence-electron chi connectivity index (χ4n) is 5.00. The first-order chi connectivity index (χ1) is 18.0. The molecule has 0 bridgehead atoms. The summed E-state index contributed by atoms with van der Waals surface area (Å²) in [4.78, 5) is 37.2. The lowest BCUT2D eigenvalue weighted by atomic mass is 9.93. The van der Waals surface area contributed by atoms with E-state index in [0.717, 1.165) is 36.1 Å². The summed E-state index contributed by atoms with van der Waals surface area (Å²) in [7, 11) is 1.36. The highest BCUT2D eigenvalue weighted by atomic mass is 35.5. The zero-order valence-corrected chi connectivity index (χ0v) is 22.5. The molecule has 1 amide bonds. The Morgan fingerprint density at radius 1 is 1.05 bits per heavy atom. The molecule has 0 N–H and O–H groups in total. The lowest BCUT2D eigenvalue weighted by Crippen LogP contribution is -2.48. The van der Waals surface area contributed by atoms with Crippen LogP contribution in [0.3, 0.4) is 0 Å². The van der Waals surface area contributed by atoms with E-state index in [0.29, 0.717) is 29.4 Å². The number of nitrogens with zero attached hydrogens (tertiary/aromatic N) is 4. The van der Waals surface area contributed by atoms with Gasteiger partial charge in [0.1, 0.15) is 0 Å². The molecule has 3 heterocycles. The predicted octanol–water partition coefficient (Wildman–Crippen LogP) is 4.82. The van der Waals surface area contributed by atoms with Crippen LogP contribution >= 0.6 is 23.4 Å². The van der Waals surface area contributed by atoms with E-state index in [1.54, 1.807) is 13.0 Å². The van der Waals surface area contributed by atoms with E-state index < -0.39 is 12.0 Å². The number of carbonyl (C=O) groups excluding carboxylic acids is 2. The highest BCUT2D eigenvalue weighted by Gasteiger charge is 2.42. The summed E-state index contributed by atoms with van der Waals surface area (Å²) in [6, 6.07) is 17.3. The number of methoxy groups -OCH3 is 1. The number of hydrogen-bond acceptors (Lipinski definition) is 7. The van der Waals surface area contributed by atoms with Crippen LogP contribution in [0, 0.1) is 0 Å². The predicted molar refractivity (Wildman–Crippen MR) is 147 cm³/mol. The molecule has 192 valence electrons. The minimum Gasteiger partial charge on any atom is -0.466 e. The third-order valence-electron chi connectivity index (χ3n) is 6.91. The van der Waals surface area contributed by atoms with Crippen LogP contribution in [0.4, 0.5) is 0 Å². The smallest absolute Gasteiger partial charge is 0.338 e. The van der Waals surface area contributed by atoms with Crippen molar-refractivity contribution in [2.24, 2.45) is 4.99 Å².